The first kappa shape index (κ1) is 13.1. The molecule has 0 saturated carbocycles. The second kappa shape index (κ2) is 5.63. The summed E-state index contributed by atoms with van der Waals surface area (Å²) in [6, 6.07) is 19.1. The Morgan fingerprint density at radius 2 is 1.81 bits per heavy atom. The van der Waals surface area contributed by atoms with Crippen LogP contribution in [0, 0.1) is 6.92 Å². The average Bonchev–Trinajstić information content (AvgIpc) is 2.98. The third kappa shape index (κ3) is 3.00. The van der Waals surface area contributed by atoms with E-state index in [4.69, 9.17) is 0 Å². The topological polar surface area (TPSA) is 57.8 Å². The highest BCUT2D eigenvalue weighted by Gasteiger charge is 2.10. The molecule has 0 spiro atoms. The quantitative estimate of drug-likeness (QED) is 0.768. The average molecular weight is 277 g/mol. The molecule has 2 N–H and O–H groups in total. The predicted octanol–water partition coefficient (Wildman–Crippen LogP) is 3.64. The molecule has 0 radical (unpaired) electrons. The van der Waals surface area contributed by atoms with Gasteiger partial charge in [-0.3, -0.25) is 4.79 Å². The lowest BCUT2D eigenvalue weighted by Gasteiger charge is -2.03. The van der Waals surface area contributed by atoms with Crippen molar-refractivity contribution in [1.82, 2.24) is 9.97 Å². The van der Waals surface area contributed by atoms with Gasteiger partial charge in [-0.1, -0.05) is 36.4 Å². The van der Waals surface area contributed by atoms with E-state index in [1.54, 1.807) is 12.1 Å². The van der Waals surface area contributed by atoms with Crippen LogP contribution in [0.5, 0.6) is 0 Å². The van der Waals surface area contributed by atoms with E-state index in [1.807, 2.05) is 55.5 Å². The molecule has 4 heteroatoms. The summed E-state index contributed by atoms with van der Waals surface area (Å²) in [7, 11) is 0. The lowest BCUT2D eigenvalue weighted by Crippen LogP contribution is -2.13. The van der Waals surface area contributed by atoms with Gasteiger partial charge in [0.25, 0.3) is 5.91 Å². The summed E-state index contributed by atoms with van der Waals surface area (Å²) >= 11 is 0. The number of carbonyl (C=O) groups is 1. The zero-order chi connectivity index (χ0) is 14.7. The fourth-order valence-corrected chi connectivity index (χ4v) is 2.11. The normalized spacial score (nSPS) is 10.3. The number of amides is 1. The second-order valence-corrected chi connectivity index (χ2v) is 4.77. The molecule has 0 aliphatic heterocycles. The molecule has 0 fully saturated rings. The van der Waals surface area contributed by atoms with Crippen molar-refractivity contribution in [3.05, 3.63) is 72.1 Å². The first-order valence-corrected chi connectivity index (χ1v) is 6.72. The zero-order valence-corrected chi connectivity index (χ0v) is 11.6. The number of nitrogens with one attached hydrogen (secondary N) is 2. The van der Waals surface area contributed by atoms with Crippen molar-refractivity contribution in [3.63, 3.8) is 0 Å². The lowest BCUT2D eigenvalue weighted by atomic mass is 10.2. The van der Waals surface area contributed by atoms with Gasteiger partial charge in [0.05, 0.1) is 0 Å². The molecule has 1 aromatic carbocycles. The van der Waals surface area contributed by atoms with Crippen molar-refractivity contribution in [3.8, 4) is 11.3 Å². The summed E-state index contributed by atoms with van der Waals surface area (Å²) in [5.74, 6) is 0.353. The van der Waals surface area contributed by atoms with E-state index < -0.39 is 0 Å². The van der Waals surface area contributed by atoms with Crippen LogP contribution < -0.4 is 5.32 Å². The maximum Gasteiger partial charge on any atom is 0.273 e. The van der Waals surface area contributed by atoms with Crippen LogP contribution in [0.15, 0.2) is 60.7 Å². The van der Waals surface area contributed by atoms with Crippen LogP contribution in [0.1, 0.15) is 16.2 Å². The number of nitrogens with zero attached hydrogens (tertiary/aromatic N) is 1. The van der Waals surface area contributed by atoms with E-state index in [0.29, 0.717) is 11.5 Å². The third-order valence-electron chi connectivity index (χ3n) is 3.15. The van der Waals surface area contributed by atoms with Gasteiger partial charge < -0.3 is 10.3 Å². The van der Waals surface area contributed by atoms with Crippen molar-refractivity contribution in [2.45, 2.75) is 6.92 Å². The van der Waals surface area contributed by atoms with Crippen molar-refractivity contribution >= 4 is 11.7 Å². The van der Waals surface area contributed by atoms with Crippen molar-refractivity contribution in [1.29, 1.82) is 0 Å². The van der Waals surface area contributed by atoms with E-state index in [-0.39, 0.29) is 5.91 Å². The molecule has 2 heterocycles. The van der Waals surface area contributed by atoms with E-state index in [1.165, 1.54) is 0 Å². The summed E-state index contributed by atoms with van der Waals surface area (Å²) in [6.07, 6.45) is 0. The maximum atomic E-state index is 12.2. The molecule has 21 heavy (non-hydrogen) atoms. The van der Waals surface area contributed by atoms with Crippen LogP contribution in [0.25, 0.3) is 11.3 Å². The fraction of sp³-hybridized carbons (Fsp3) is 0.0588. The monoisotopic (exact) mass is 277 g/mol. The van der Waals surface area contributed by atoms with Gasteiger partial charge in [-0.15, -0.1) is 0 Å². The summed E-state index contributed by atoms with van der Waals surface area (Å²) < 4.78 is 0. The number of aromatic amines is 1. The highest BCUT2D eigenvalue weighted by Crippen LogP contribution is 2.18. The number of rotatable bonds is 3. The van der Waals surface area contributed by atoms with Gasteiger partial charge in [0.15, 0.2) is 0 Å². The number of aromatic nitrogens is 2. The number of hydrogen-bond acceptors (Lipinski definition) is 2. The van der Waals surface area contributed by atoms with Gasteiger partial charge in [0.1, 0.15) is 11.5 Å². The molecule has 4 nitrogen and oxygen atoms in total. The Morgan fingerprint density at radius 3 is 2.57 bits per heavy atom. The molecule has 104 valence electrons. The first-order chi connectivity index (χ1) is 10.2. The third-order valence-corrected chi connectivity index (χ3v) is 3.15. The molecule has 1 amide bonds. The number of aryl methyl sites for hydroxylation is 1. The van der Waals surface area contributed by atoms with Gasteiger partial charge in [0, 0.05) is 11.4 Å². The van der Waals surface area contributed by atoms with Crippen LogP contribution in [0.2, 0.25) is 0 Å². The highest BCUT2D eigenvalue weighted by molar-refractivity contribution is 6.02. The fourth-order valence-electron chi connectivity index (χ4n) is 2.11. The molecule has 0 aliphatic carbocycles. The van der Waals surface area contributed by atoms with Crippen LogP contribution in [0.3, 0.4) is 0 Å². The van der Waals surface area contributed by atoms with Gasteiger partial charge in [0.2, 0.25) is 0 Å². The molecule has 0 aliphatic rings. The van der Waals surface area contributed by atoms with Crippen molar-refractivity contribution in [2.75, 3.05) is 5.32 Å². The number of anilines is 1. The van der Waals surface area contributed by atoms with Crippen molar-refractivity contribution in [2.24, 2.45) is 0 Å². The molecule has 2 aromatic heterocycles. The Labute approximate surface area is 122 Å². The Hall–Kier alpha value is -2.88. The Bertz CT molecular complexity index is 762. The molecular formula is C17H15N3O. The van der Waals surface area contributed by atoms with Crippen LogP contribution >= 0.6 is 0 Å². The van der Waals surface area contributed by atoms with Crippen LogP contribution in [-0.2, 0) is 0 Å². The maximum absolute atomic E-state index is 12.2. The molecule has 0 saturated heterocycles. The van der Waals surface area contributed by atoms with E-state index in [0.717, 1.165) is 17.0 Å². The summed E-state index contributed by atoms with van der Waals surface area (Å²) in [6.45, 7) is 1.89. The largest absolute Gasteiger partial charge is 0.351 e. The van der Waals surface area contributed by atoms with Gasteiger partial charge in [-0.05, 0) is 36.8 Å². The summed E-state index contributed by atoms with van der Waals surface area (Å²) in [4.78, 5) is 19.6. The zero-order valence-electron chi connectivity index (χ0n) is 11.6. The Kier molecular flexibility index (Phi) is 3.51. The van der Waals surface area contributed by atoms with Gasteiger partial charge >= 0.3 is 0 Å². The minimum absolute atomic E-state index is 0.199. The van der Waals surface area contributed by atoms with Gasteiger partial charge in [-0.25, -0.2) is 4.98 Å². The van der Waals surface area contributed by atoms with Crippen LogP contribution in [0.4, 0.5) is 5.82 Å². The standard InChI is InChI=1S/C17H15N3O/c1-12-6-5-9-16(18-12)20-17(21)15-11-10-14(19-15)13-7-3-2-4-8-13/h2-11,19H,1H3,(H,18,20,21). The summed E-state index contributed by atoms with van der Waals surface area (Å²) in [5, 5.41) is 2.78. The van der Waals surface area contributed by atoms with Crippen LogP contribution in [-0.4, -0.2) is 15.9 Å². The molecular weight excluding hydrogens is 262 g/mol. The van der Waals surface area contributed by atoms with Crippen molar-refractivity contribution < 1.29 is 4.79 Å². The highest BCUT2D eigenvalue weighted by atomic mass is 16.1. The van der Waals surface area contributed by atoms with E-state index in [2.05, 4.69) is 15.3 Å². The van der Waals surface area contributed by atoms with Gasteiger partial charge in [-0.2, -0.15) is 0 Å². The lowest BCUT2D eigenvalue weighted by molar-refractivity contribution is 0.102. The predicted molar refractivity (Wildman–Crippen MR) is 83.2 cm³/mol. The molecule has 3 rings (SSSR count). The summed E-state index contributed by atoms with van der Waals surface area (Å²) in [5.41, 5.74) is 3.34. The smallest absolute Gasteiger partial charge is 0.273 e. The number of pyridine rings is 1. The number of carbonyl (C=O) groups excluding carboxylic acids is 1. The minimum atomic E-state index is -0.199. The van der Waals surface area contributed by atoms with E-state index >= 15 is 0 Å². The van der Waals surface area contributed by atoms with E-state index in [9.17, 15) is 4.79 Å². The number of benzene rings is 1. The molecule has 0 atom stereocenters. The molecule has 3 aromatic rings. The second-order valence-electron chi connectivity index (χ2n) is 4.77. The molecule has 0 unspecified atom stereocenters. The Balaban J connectivity index is 1.78. The Morgan fingerprint density at radius 1 is 1.00 bits per heavy atom. The SMILES string of the molecule is Cc1cccc(NC(=O)c2ccc(-c3ccccc3)[nH]2)n1. The minimum Gasteiger partial charge on any atom is -0.351 e. The first-order valence-electron chi connectivity index (χ1n) is 6.72. The molecule has 0 bridgehead atoms. The number of H-pyrrole nitrogens is 1. The number of hydrogen-bond donors (Lipinski definition) is 2.